The van der Waals surface area contributed by atoms with Crippen LogP contribution in [-0.2, 0) is 14.3 Å². The lowest BCUT2D eigenvalue weighted by Crippen LogP contribution is -2.39. The summed E-state index contributed by atoms with van der Waals surface area (Å²) in [6.45, 7) is 3.74. The summed E-state index contributed by atoms with van der Waals surface area (Å²) in [5, 5.41) is 1.91. The number of rotatable bonds is 5. The van der Waals surface area contributed by atoms with E-state index < -0.39 is 18.0 Å². The predicted octanol–water partition coefficient (Wildman–Crippen LogP) is 2.65. The van der Waals surface area contributed by atoms with E-state index in [1.165, 1.54) is 29.8 Å². The first kappa shape index (κ1) is 21.9. The molecule has 7 nitrogen and oxygen atoms in total. The number of nitrogens with zero attached hydrogens (tertiary/aromatic N) is 2. The molecule has 3 aromatic rings. The van der Waals surface area contributed by atoms with E-state index in [1.54, 1.807) is 48.8 Å². The molecule has 9 heteroatoms. The van der Waals surface area contributed by atoms with Crippen LogP contribution < -0.4 is 14.9 Å². The number of allylic oxidation sites excluding steroid dienone is 1. The Balaban J connectivity index is 1.85. The van der Waals surface area contributed by atoms with Crippen LogP contribution in [0.5, 0.6) is 0 Å². The van der Waals surface area contributed by atoms with Gasteiger partial charge in [0.15, 0.2) is 4.80 Å². The van der Waals surface area contributed by atoms with Crippen molar-refractivity contribution in [1.29, 1.82) is 0 Å². The molecule has 1 atom stereocenters. The Morgan fingerprint density at radius 3 is 2.56 bits per heavy atom. The van der Waals surface area contributed by atoms with Crippen molar-refractivity contribution in [3.8, 4) is 0 Å². The largest absolute Gasteiger partial charge is 0.465 e. The molecular formula is C23H20N2O5S2. The zero-order valence-electron chi connectivity index (χ0n) is 17.7. The quantitative estimate of drug-likeness (QED) is 0.538. The first-order chi connectivity index (χ1) is 15.4. The van der Waals surface area contributed by atoms with Crippen LogP contribution in [0.15, 0.2) is 62.8 Å². The zero-order valence-corrected chi connectivity index (χ0v) is 19.3. The van der Waals surface area contributed by atoms with Crippen molar-refractivity contribution < 1.29 is 19.1 Å². The summed E-state index contributed by atoms with van der Waals surface area (Å²) in [5.41, 5.74) is 1.86. The summed E-state index contributed by atoms with van der Waals surface area (Å²) >= 11 is 2.73. The Kier molecular flexibility index (Phi) is 6.20. The molecule has 0 amide bonds. The number of hydrogen-bond acceptors (Lipinski definition) is 8. The van der Waals surface area contributed by atoms with Gasteiger partial charge in [-0.15, -0.1) is 11.3 Å². The first-order valence-electron chi connectivity index (χ1n) is 9.86. The van der Waals surface area contributed by atoms with Crippen molar-refractivity contribution in [2.24, 2.45) is 4.99 Å². The van der Waals surface area contributed by atoms with Gasteiger partial charge in [-0.3, -0.25) is 9.36 Å². The Morgan fingerprint density at radius 1 is 1.19 bits per heavy atom. The van der Waals surface area contributed by atoms with Crippen molar-refractivity contribution in [2.45, 2.75) is 19.9 Å². The number of benzene rings is 1. The van der Waals surface area contributed by atoms with Crippen molar-refractivity contribution in [2.75, 3.05) is 13.7 Å². The monoisotopic (exact) mass is 468 g/mol. The molecule has 32 heavy (non-hydrogen) atoms. The molecule has 1 aromatic carbocycles. The summed E-state index contributed by atoms with van der Waals surface area (Å²) in [4.78, 5) is 43.7. The maximum atomic E-state index is 13.4. The lowest BCUT2D eigenvalue weighted by atomic mass is 10.0. The van der Waals surface area contributed by atoms with E-state index in [0.29, 0.717) is 26.2 Å². The Bertz CT molecular complexity index is 1380. The Labute approximate surface area is 191 Å². The summed E-state index contributed by atoms with van der Waals surface area (Å²) in [6, 6.07) is 9.98. The highest BCUT2D eigenvalue weighted by molar-refractivity contribution is 7.10. The number of hydrogen-bond donors (Lipinski definition) is 0. The number of fused-ring (bicyclic) bond motifs is 1. The molecule has 1 aliphatic heterocycles. The number of aromatic nitrogens is 1. The van der Waals surface area contributed by atoms with Gasteiger partial charge < -0.3 is 9.47 Å². The van der Waals surface area contributed by atoms with Crippen molar-refractivity contribution >= 4 is 40.7 Å². The van der Waals surface area contributed by atoms with Gasteiger partial charge in [0, 0.05) is 4.88 Å². The molecule has 0 radical (unpaired) electrons. The van der Waals surface area contributed by atoms with Crippen LogP contribution in [0, 0.1) is 0 Å². The van der Waals surface area contributed by atoms with E-state index in [1.807, 2.05) is 17.5 Å². The maximum Gasteiger partial charge on any atom is 0.338 e. The average molecular weight is 469 g/mol. The van der Waals surface area contributed by atoms with Crippen LogP contribution >= 0.6 is 22.7 Å². The number of carbonyl (C=O) groups is 2. The van der Waals surface area contributed by atoms with Crippen LogP contribution in [0.2, 0.25) is 0 Å². The third kappa shape index (κ3) is 3.96. The molecule has 3 heterocycles. The smallest absolute Gasteiger partial charge is 0.338 e. The number of methoxy groups -OCH3 is 1. The van der Waals surface area contributed by atoms with E-state index >= 15 is 0 Å². The standard InChI is InChI=1S/C23H20N2O5S2/c1-4-30-22(28)18-13(2)24-23-25(19(18)16-6-5-11-31-16)20(26)17(32-23)12-14-7-9-15(10-8-14)21(27)29-3/h5-12,19H,4H2,1-3H3. The fourth-order valence-electron chi connectivity index (χ4n) is 3.49. The highest BCUT2D eigenvalue weighted by Crippen LogP contribution is 2.33. The molecule has 2 aromatic heterocycles. The van der Waals surface area contributed by atoms with Gasteiger partial charge in [-0.2, -0.15) is 0 Å². The molecular weight excluding hydrogens is 448 g/mol. The van der Waals surface area contributed by atoms with Crippen LogP contribution in [0.4, 0.5) is 0 Å². The van der Waals surface area contributed by atoms with Gasteiger partial charge in [0.05, 0.1) is 35.1 Å². The second kappa shape index (κ2) is 9.05. The van der Waals surface area contributed by atoms with E-state index in [-0.39, 0.29) is 12.2 Å². The topological polar surface area (TPSA) is 87.0 Å². The summed E-state index contributed by atoms with van der Waals surface area (Å²) in [5.74, 6) is -0.895. The van der Waals surface area contributed by atoms with Crippen LogP contribution in [-0.4, -0.2) is 30.2 Å². The fourth-order valence-corrected chi connectivity index (χ4v) is 5.36. The van der Waals surface area contributed by atoms with Crippen LogP contribution in [0.3, 0.4) is 0 Å². The van der Waals surface area contributed by atoms with Gasteiger partial charge in [-0.25, -0.2) is 14.6 Å². The third-order valence-corrected chi connectivity index (χ3v) is 6.87. The van der Waals surface area contributed by atoms with Crippen molar-refractivity contribution in [3.05, 3.63) is 88.7 Å². The average Bonchev–Trinajstić information content (AvgIpc) is 3.42. The molecule has 1 aliphatic rings. The molecule has 1 unspecified atom stereocenters. The van der Waals surface area contributed by atoms with E-state index in [4.69, 9.17) is 9.47 Å². The van der Waals surface area contributed by atoms with Gasteiger partial charge in [0.1, 0.15) is 6.04 Å². The number of ether oxygens (including phenoxy) is 2. The number of thiophene rings is 1. The van der Waals surface area contributed by atoms with Gasteiger partial charge in [-0.05, 0) is 49.1 Å². The molecule has 0 N–H and O–H groups in total. The normalized spacial score (nSPS) is 15.8. The van der Waals surface area contributed by atoms with Gasteiger partial charge in [0.25, 0.3) is 5.56 Å². The van der Waals surface area contributed by atoms with E-state index in [9.17, 15) is 14.4 Å². The lowest BCUT2D eigenvalue weighted by Gasteiger charge is -2.23. The third-order valence-electron chi connectivity index (χ3n) is 4.96. The summed E-state index contributed by atoms with van der Waals surface area (Å²) < 4.78 is 12.0. The summed E-state index contributed by atoms with van der Waals surface area (Å²) in [7, 11) is 1.33. The Morgan fingerprint density at radius 2 is 1.94 bits per heavy atom. The lowest BCUT2D eigenvalue weighted by molar-refractivity contribution is -0.139. The number of thiazole rings is 1. The maximum absolute atomic E-state index is 13.4. The minimum absolute atomic E-state index is 0.235. The molecule has 0 fully saturated rings. The zero-order chi connectivity index (χ0) is 22.8. The fraction of sp³-hybridized carbons (Fsp3) is 0.217. The van der Waals surface area contributed by atoms with E-state index in [2.05, 4.69) is 4.99 Å². The number of esters is 2. The molecule has 0 saturated carbocycles. The van der Waals surface area contributed by atoms with Crippen molar-refractivity contribution in [1.82, 2.24) is 4.57 Å². The minimum atomic E-state index is -0.589. The highest BCUT2D eigenvalue weighted by Gasteiger charge is 2.33. The first-order valence-corrected chi connectivity index (χ1v) is 11.6. The molecule has 0 saturated heterocycles. The van der Waals surface area contributed by atoms with Crippen LogP contribution in [0.1, 0.15) is 40.7 Å². The van der Waals surface area contributed by atoms with Crippen molar-refractivity contribution in [3.63, 3.8) is 0 Å². The molecule has 0 aliphatic carbocycles. The van der Waals surface area contributed by atoms with Gasteiger partial charge >= 0.3 is 11.9 Å². The highest BCUT2D eigenvalue weighted by atomic mass is 32.1. The van der Waals surface area contributed by atoms with Gasteiger partial charge in [-0.1, -0.05) is 29.5 Å². The molecule has 0 bridgehead atoms. The molecule has 0 spiro atoms. The molecule has 164 valence electrons. The second-order valence-electron chi connectivity index (χ2n) is 6.93. The number of carbonyl (C=O) groups excluding carboxylic acids is 2. The van der Waals surface area contributed by atoms with Gasteiger partial charge in [0.2, 0.25) is 0 Å². The predicted molar refractivity (Wildman–Crippen MR) is 122 cm³/mol. The second-order valence-corrected chi connectivity index (χ2v) is 8.92. The van der Waals surface area contributed by atoms with E-state index in [0.717, 1.165) is 10.4 Å². The minimum Gasteiger partial charge on any atom is -0.465 e. The molecule has 4 rings (SSSR count). The Hall–Kier alpha value is -3.30. The van der Waals surface area contributed by atoms with Crippen LogP contribution in [0.25, 0.3) is 6.08 Å². The summed E-state index contributed by atoms with van der Waals surface area (Å²) in [6.07, 6.45) is 1.75. The SMILES string of the molecule is CCOC(=O)C1=C(C)N=c2sc(=Cc3ccc(C(=O)OC)cc3)c(=O)n2C1c1cccs1.